The number of hydrogen-bond donors (Lipinski definition) is 2. The molecule has 2 rings (SSSR count). The molecule has 0 aromatic heterocycles. The van der Waals surface area contributed by atoms with Crippen LogP contribution >= 0.6 is 0 Å². The standard InChI is InChI=1S/C17H21NO6/c1-10-5-6-11(19)7-12(10)13-8-17(15(21)22,24-18-13)9-14(20)23-16(2,3)4/h5-7,19H,8-9H2,1-4H3,(H,21,22). The molecule has 7 heteroatoms. The lowest BCUT2D eigenvalue weighted by Gasteiger charge is -2.24. The molecular weight excluding hydrogens is 314 g/mol. The number of aliphatic carboxylic acids is 1. The van der Waals surface area contributed by atoms with Crippen molar-refractivity contribution < 1.29 is 29.4 Å². The number of esters is 1. The Morgan fingerprint density at radius 3 is 2.62 bits per heavy atom. The van der Waals surface area contributed by atoms with Crippen molar-refractivity contribution in [2.45, 2.75) is 51.7 Å². The summed E-state index contributed by atoms with van der Waals surface area (Å²) < 4.78 is 5.19. The molecule has 7 nitrogen and oxygen atoms in total. The Hall–Kier alpha value is -2.57. The molecule has 1 aliphatic rings. The summed E-state index contributed by atoms with van der Waals surface area (Å²) in [5, 5.41) is 23.0. The summed E-state index contributed by atoms with van der Waals surface area (Å²) in [6.45, 7) is 6.91. The van der Waals surface area contributed by atoms with E-state index >= 15 is 0 Å². The van der Waals surface area contributed by atoms with E-state index in [-0.39, 0.29) is 12.2 Å². The molecule has 0 saturated heterocycles. The summed E-state index contributed by atoms with van der Waals surface area (Å²) in [5.74, 6) is -1.92. The molecule has 0 spiro atoms. The Morgan fingerprint density at radius 2 is 2.04 bits per heavy atom. The Labute approximate surface area is 139 Å². The van der Waals surface area contributed by atoms with Crippen molar-refractivity contribution in [3.63, 3.8) is 0 Å². The second-order valence-electron chi connectivity index (χ2n) is 6.87. The van der Waals surface area contributed by atoms with Gasteiger partial charge in [-0.1, -0.05) is 11.2 Å². The van der Waals surface area contributed by atoms with Crippen LogP contribution in [0.2, 0.25) is 0 Å². The molecule has 24 heavy (non-hydrogen) atoms. The van der Waals surface area contributed by atoms with E-state index in [1.165, 1.54) is 12.1 Å². The highest BCUT2D eigenvalue weighted by atomic mass is 16.7. The highest BCUT2D eigenvalue weighted by molar-refractivity contribution is 6.06. The Morgan fingerprint density at radius 1 is 1.38 bits per heavy atom. The molecule has 0 saturated carbocycles. The van der Waals surface area contributed by atoms with Crippen LogP contribution in [-0.2, 0) is 19.2 Å². The first-order chi connectivity index (χ1) is 11.0. The lowest BCUT2D eigenvalue weighted by atomic mass is 9.89. The molecule has 2 N–H and O–H groups in total. The molecule has 0 radical (unpaired) electrons. The fourth-order valence-corrected chi connectivity index (χ4v) is 2.44. The zero-order valence-electron chi connectivity index (χ0n) is 14.1. The second-order valence-corrected chi connectivity index (χ2v) is 6.87. The number of carbonyl (C=O) groups excluding carboxylic acids is 1. The smallest absolute Gasteiger partial charge is 0.351 e. The minimum atomic E-state index is -1.80. The number of carbonyl (C=O) groups is 2. The van der Waals surface area contributed by atoms with Gasteiger partial charge in [0.1, 0.15) is 11.4 Å². The van der Waals surface area contributed by atoms with Crippen LogP contribution in [0.3, 0.4) is 0 Å². The quantitative estimate of drug-likeness (QED) is 0.818. The summed E-state index contributed by atoms with van der Waals surface area (Å²) >= 11 is 0. The number of phenolic OH excluding ortho intramolecular Hbond substituents is 1. The molecule has 0 amide bonds. The molecule has 1 atom stereocenters. The zero-order chi connectivity index (χ0) is 18.1. The maximum absolute atomic E-state index is 12.0. The monoisotopic (exact) mass is 335 g/mol. The molecular formula is C17H21NO6. The van der Waals surface area contributed by atoms with Gasteiger partial charge in [0.15, 0.2) is 0 Å². The van der Waals surface area contributed by atoms with Gasteiger partial charge < -0.3 is 19.8 Å². The molecule has 1 aromatic carbocycles. The van der Waals surface area contributed by atoms with Gasteiger partial charge in [-0.2, -0.15) is 0 Å². The fourth-order valence-electron chi connectivity index (χ4n) is 2.44. The first-order valence-corrected chi connectivity index (χ1v) is 7.53. The largest absolute Gasteiger partial charge is 0.508 e. The van der Waals surface area contributed by atoms with Gasteiger partial charge in [0, 0.05) is 12.0 Å². The van der Waals surface area contributed by atoms with Crippen LogP contribution in [0.1, 0.15) is 44.7 Å². The number of hydrogen-bond acceptors (Lipinski definition) is 6. The maximum Gasteiger partial charge on any atom is 0.351 e. The molecule has 1 aliphatic heterocycles. The van der Waals surface area contributed by atoms with Crippen LogP contribution in [0.5, 0.6) is 5.75 Å². The van der Waals surface area contributed by atoms with Crippen molar-refractivity contribution in [1.82, 2.24) is 0 Å². The Balaban J connectivity index is 2.22. The summed E-state index contributed by atoms with van der Waals surface area (Å²) in [4.78, 5) is 28.9. The van der Waals surface area contributed by atoms with Gasteiger partial charge in [-0.3, -0.25) is 4.79 Å². The van der Waals surface area contributed by atoms with Crippen molar-refractivity contribution >= 4 is 17.7 Å². The van der Waals surface area contributed by atoms with Crippen molar-refractivity contribution in [3.05, 3.63) is 29.3 Å². The number of nitrogens with zero attached hydrogens (tertiary/aromatic N) is 1. The molecule has 0 aliphatic carbocycles. The van der Waals surface area contributed by atoms with Crippen LogP contribution in [0.4, 0.5) is 0 Å². The van der Waals surface area contributed by atoms with E-state index in [1.807, 2.05) is 6.92 Å². The van der Waals surface area contributed by atoms with Crippen molar-refractivity contribution in [2.24, 2.45) is 5.16 Å². The highest BCUT2D eigenvalue weighted by Crippen LogP contribution is 2.33. The maximum atomic E-state index is 12.0. The van der Waals surface area contributed by atoms with Gasteiger partial charge in [-0.15, -0.1) is 0 Å². The number of ether oxygens (including phenoxy) is 1. The number of aromatic hydroxyl groups is 1. The number of aryl methyl sites for hydroxylation is 1. The molecule has 0 fully saturated rings. The summed E-state index contributed by atoms with van der Waals surface area (Å²) in [6, 6.07) is 4.71. The van der Waals surface area contributed by atoms with Crippen molar-refractivity contribution in [2.75, 3.05) is 0 Å². The van der Waals surface area contributed by atoms with E-state index in [0.717, 1.165) is 5.56 Å². The van der Waals surface area contributed by atoms with Gasteiger partial charge in [-0.25, -0.2) is 4.79 Å². The summed E-state index contributed by atoms with van der Waals surface area (Å²) in [5.41, 5.74) is -0.749. The van der Waals surface area contributed by atoms with Crippen LogP contribution in [0, 0.1) is 6.92 Å². The topological polar surface area (TPSA) is 105 Å². The number of carboxylic acid groups (broad SMARTS) is 1. The van der Waals surface area contributed by atoms with E-state index in [9.17, 15) is 19.8 Å². The van der Waals surface area contributed by atoms with E-state index in [1.54, 1.807) is 26.8 Å². The highest BCUT2D eigenvalue weighted by Gasteiger charge is 2.50. The SMILES string of the molecule is Cc1ccc(O)cc1C1=NOC(CC(=O)OC(C)(C)C)(C(=O)O)C1. The van der Waals surface area contributed by atoms with Crippen molar-refractivity contribution in [3.8, 4) is 5.75 Å². The average Bonchev–Trinajstić information content (AvgIpc) is 2.84. The van der Waals surface area contributed by atoms with E-state index < -0.39 is 29.6 Å². The second kappa shape index (κ2) is 6.14. The molecule has 1 aromatic rings. The minimum Gasteiger partial charge on any atom is -0.508 e. The number of benzene rings is 1. The fraction of sp³-hybridized carbons (Fsp3) is 0.471. The van der Waals surface area contributed by atoms with Gasteiger partial charge >= 0.3 is 11.9 Å². The van der Waals surface area contributed by atoms with Crippen LogP contribution in [0.15, 0.2) is 23.4 Å². The Bertz CT molecular complexity index is 704. The van der Waals surface area contributed by atoms with E-state index in [4.69, 9.17) is 9.57 Å². The normalized spacial score (nSPS) is 20.2. The first-order valence-electron chi connectivity index (χ1n) is 7.53. The van der Waals surface area contributed by atoms with E-state index in [2.05, 4.69) is 5.16 Å². The minimum absolute atomic E-state index is 0.0401. The average molecular weight is 335 g/mol. The lowest BCUT2D eigenvalue weighted by molar-refractivity contribution is -0.175. The number of carboxylic acids is 1. The van der Waals surface area contributed by atoms with E-state index in [0.29, 0.717) is 11.3 Å². The van der Waals surface area contributed by atoms with Crippen LogP contribution in [-0.4, -0.2) is 39.1 Å². The predicted octanol–water partition coefficient (Wildman–Crippen LogP) is 2.38. The number of phenols is 1. The van der Waals surface area contributed by atoms with Gasteiger partial charge in [0.2, 0.25) is 5.60 Å². The third-order valence-electron chi connectivity index (χ3n) is 3.56. The van der Waals surface area contributed by atoms with Gasteiger partial charge in [0.25, 0.3) is 0 Å². The molecule has 1 unspecified atom stereocenters. The number of rotatable bonds is 4. The van der Waals surface area contributed by atoms with Crippen LogP contribution in [0.25, 0.3) is 0 Å². The van der Waals surface area contributed by atoms with Gasteiger partial charge in [-0.05, 0) is 45.4 Å². The van der Waals surface area contributed by atoms with Crippen molar-refractivity contribution in [1.29, 1.82) is 0 Å². The van der Waals surface area contributed by atoms with Gasteiger partial charge in [0.05, 0.1) is 12.1 Å². The molecule has 1 heterocycles. The predicted molar refractivity (Wildman–Crippen MR) is 85.9 cm³/mol. The van der Waals surface area contributed by atoms with Crippen LogP contribution < -0.4 is 0 Å². The summed E-state index contributed by atoms with van der Waals surface area (Å²) in [7, 11) is 0. The molecule has 0 bridgehead atoms. The third kappa shape index (κ3) is 3.84. The zero-order valence-corrected chi connectivity index (χ0v) is 14.1. The lowest BCUT2D eigenvalue weighted by Crippen LogP contribution is -2.42. The number of oxime groups is 1. The first kappa shape index (κ1) is 17.8. The summed E-state index contributed by atoms with van der Waals surface area (Å²) in [6.07, 6.45) is -0.545. The third-order valence-corrected chi connectivity index (χ3v) is 3.56. The Kier molecular flexibility index (Phi) is 4.55. The molecule has 130 valence electrons.